The lowest BCUT2D eigenvalue weighted by Gasteiger charge is -2.05. The van der Waals surface area contributed by atoms with Crippen LogP contribution in [0.2, 0.25) is 0 Å². The molecule has 0 saturated heterocycles. The molecule has 0 spiro atoms. The standard InChI is InChI=1S/C14H10BrIO/c1-9-2-4-10(5-3-9)14(17)12-8-11(15)6-7-13(12)16/h2-8H,1H3. The molecule has 1 nitrogen and oxygen atoms in total. The molecule has 2 aromatic rings. The number of hydrogen-bond acceptors (Lipinski definition) is 1. The van der Waals surface area contributed by atoms with Crippen molar-refractivity contribution < 1.29 is 4.79 Å². The number of aryl methyl sites for hydroxylation is 1. The van der Waals surface area contributed by atoms with E-state index in [4.69, 9.17) is 0 Å². The largest absolute Gasteiger partial charge is 0.289 e. The summed E-state index contributed by atoms with van der Waals surface area (Å²) in [6.45, 7) is 2.01. The molecule has 0 aliphatic heterocycles. The average molecular weight is 401 g/mol. The SMILES string of the molecule is Cc1ccc(C(=O)c2cc(Br)ccc2I)cc1. The lowest BCUT2D eigenvalue weighted by atomic mass is 10.0. The number of hydrogen-bond donors (Lipinski definition) is 0. The second-order valence-corrected chi connectivity index (χ2v) is 5.90. The maximum atomic E-state index is 12.3. The summed E-state index contributed by atoms with van der Waals surface area (Å²) in [7, 11) is 0. The number of benzene rings is 2. The molecule has 2 aromatic carbocycles. The number of carbonyl (C=O) groups excluding carboxylic acids is 1. The fourth-order valence-electron chi connectivity index (χ4n) is 1.53. The molecule has 0 atom stereocenters. The molecule has 0 N–H and O–H groups in total. The van der Waals surface area contributed by atoms with E-state index in [9.17, 15) is 4.79 Å². The first-order valence-corrected chi connectivity index (χ1v) is 7.01. The number of halogens is 2. The molecular formula is C14H10BrIO. The van der Waals surface area contributed by atoms with Crippen molar-refractivity contribution in [3.05, 3.63) is 67.2 Å². The van der Waals surface area contributed by atoms with Gasteiger partial charge >= 0.3 is 0 Å². The maximum absolute atomic E-state index is 12.3. The van der Waals surface area contributed by atoms with Gasteiger partial charge in [-0.3, -0.25) is 4.79 Å². The highest BCUT2D eigenvalue weighted by Gasteiger charge is 2.12. The van der Waals surface area contributed by atoms with Gasteiger partial charge in [0.15, 0.2) is 5.78 Å². The molecular weight excluding hydrogens is 391 g/mol. The monoisotopic (exact) mass is 400 g/mol. The zero-order chi connectivity index (χ0) is 12.4. The van der Waals surface area contributed by atoms with Crippen molar-refractivity contribution in [3.8, 4) is 0 Å². The summed E-state index contributed by atoms with van der Waals surface area (Å²) in [6, 6.07) is 13.4. The van der Waals surface area contributed by atoms with Gasteiger partial charge in [0, 0.05) is 19.2 Å². The molecule has 0 aromatic heterocycles. The first-order valence-electron chi connectivity index (χ1n) is 5.14. The molecule has 0 aliphatic carbocycles. The predicted molar refractivity (Wildman–Crippen MR) is 81.5 cm³/mol. The molecule has 0 aliphatic rings. The van der Waals surface area contributed by atoms with Crippen LogP contribution in [0.25, 0.3) is 0 Å². The third-order valence-corrected chi connectivity index (χ3v) is 3.92. The van der Waals surface area contributed by atoms with Gasteiger partial charge in [-0.25, -0.2) is 0 Å². The third-order valence-electron chi connectivity index (χ3n) is 2.49. The Balaban J connectivity index is 2.43. The van der Waals surface area contributed by atoms with Crippen LogP contribution in [0, 0.1) is 10.5 Å². The summed E-state index contributed by atoms with van der Waals surface area (Å²) >= 11 is 5.58. The van der Waals surface area contributed by atoms with Crippen LogP contribution in [0.5, 0.6) is 0 Å². The minimum atomic E-state index is 0.0655. The lowest BCUT2D eigenvalue weighted by Crippen LogP contribution is -2.03. The first kappa shape index (κ1) is 12.8. The van der Waals surface area contributed by atoms with Gasteiger partial charge < -0.3 is 0 Å². The molecule has 3 heteroatoms. The Morgan fingerprint density at radius 3 is 2.41 bits per heavy atom. The predicted octanol–water partition coefficient (Wildman–Crippen LogP) is 4.59. The summed E-state index contributed by atoms with van der Waals surface area (Å²) in [4.78, 5) is 12.3. The van der Waals surface area contributed by atoms with Gasteiger partial charge in [0.05, 0.1) is 0 Å². The smallest absolute Gasteiger partial charge is 0.194 e. The Labute approximate surface area is 123 Å². The third kappa shape index (κ3) is 2.96. The van der Waals surface area contributed by atoms with Crippen LogP contribution < -0.4 is 0 Å². The molecule has 86 valence electrons. The van der Waals surface area contributed by atoms with E-state index < -0.39 is 0 Å². The molecule has 0 fully saturated rings. The van der Waals surface area contributed by atoms with Crippen molar-refractivity contribution in [1.82, 2.24) is 0 Å². The van der Waals surface area contributed by atoms with Crippen molar-refractivity contribution in [2.45, 2.75) is 6.92 Å². The average Bonchev–Trinajstić information content (AvgIpc) is 2.32. The Bertz CT molecular complexity index is 561. The second kappa shape index (κ2) is 5.31. The van der Waals surface area contributed by atoms with Crippen LogP contribution in [-0.4, -0.2) is 5.78 Å². The quantitative estimate of drug-likeness (QED) is 0.532. The fraction of sp³-hybridized carbons (Fsp3) is 0.0714. The number of carbonyl (C=O) groups is 1. The highest BCUT2D eigenvalue weighted by atomic mass is 127. The van der Waals surface area contributed by atoms with Crippen molar-refractivity contribution in [2.24, 2.45) is 0 Å². The van der Waals surface area contributed by atoms with Crippen LogP contribution in [-0.2, 0) is 0 Å². The highest BCUT2D eigenvalue weighted by Crippen LogP contribution is 2.21. The van der Waals surface area contributed by atoms with Gasteiger partial charge in [-0.15, -0.1) is 0 Å². The molecule has 0 saturated carbocycles. The molecule has 0 amide bonds. The van der Waals surface area contributed by atoms with E-state index in [0.717, 1.165) is 24.7 Å². The lowest BCUT2D eigenvalue weighted by molar-refractivity contribution is 0.103. The minimum absolute atomic E-state index is 0.0655. The summed E-state index contributed by atoms with van der Waals surface area (Å²) < 4.78 is 1.89. The first-order chi connectivity index (χ1) is 8.08. The molecule has 0 heterocycles. The molecule has 0 unspecified atom stereocenters. The van der Waals surface area contributed by atoms with E-state index in [1.54, 1.807) is 0 Å². The Hall–Kier alpha value is -0.680. The molecule has 0 bridgehead atoms. The molecule has 0 radical (unpaired) electrons. The molecule has 17 heavy (non-hydrogen) atoms. The van der Waals surface area contributed by atoms with Crippen LogP contribution in [0.4, 0.5) is 0 Å². The van der Waals surface area contributed by atoms with Crippen molar-refractivity contribution >= 4 is 44.3 Å². The Morgan fingerprint density at radius 2 is 1.76 bits per heavy atom. The number of rotatable bonds is 2. The second-order valence-electron chi connectivity index (χ2n) is 3.82. The molecule has 2 rings (SSSR count). The van der Waals surface area contributed by atoms with E-state index in [0.29, 0.717) is 0 Å². The van der Waals surface area contributed by atoms with E-state index in [1.807, 2.05) is 49.4 Å². The minimum Gasteiger partial charge on any atom is -0.289 e. The summed E-state index contributed by atoms with van der Waals surface area (Å²) in [6.07, 6.45) is 0. The van der Waals surface area contributed by atoms with Crippen LogP contribution in [0.1, 0.15) is 21.5 Å². The van der Waals surface area contributed by atoms with Crippen LogP contribution >= 0.6 is 38.5 Å². The Kier molecular flexibility index (Phi) is 3.99. The Morgan fingerprint density at radius 1 is 1.12 bits per heavy atom. The van der Waals surface area contributed by atoms with Crippen molar-refractivity contribution in [2.75, 3.05) is 0 Å². The van der Waals surface area contributed by atoms with Crippen LogP contribution in [0.15, 0.2) is 46.9 Å². The number of ketones is 1. The van der Waals surface area contributed by atoms with E-state index in [1.165, 1.54) is 0 Å². The van der Waals surface area contributed by atoms with Gasteiger partial charge in [0.2, 0.25) is 0 Å². The summed E-state index contributed by atoms with van der Waals surface area (Å²) in [5, 5.41) is 0. The summed E-state index contributed by atoms with van der Waals surface area (Å²) in [5.41, 5.74) is 2.63. The normalized spacial score (nSPS) is 10.3. The zero-order valence-corrected chi connectivity index (χ0v) is 12.9. The van der Waals surface area contributed by atoms with Crippen molar-refractivity contribution in [3.63, 3.8) is 0 Å². The van der Waals surface area contributed by atoms with Crippen LogP contribution in [0.3, 0.4) is 0 Å². The van der Waals surface area contributed by atoms with Crippen molar-refractivity contribution in [1.29, 1.82) is 0 Å². The maximum Gasteiger partial charge on any atom is 0.194 e. The fourth-order valence-corrected chi connectivity index (χ4v) is 2.47. The summed E-state index contributed by atoms with van der Waals surface area (Å²) in [5.74, 6) is 0.0655. The topological polar surface area (TPSA) is 17.1 Å². The van der Waals surface area contributed by atoms with Gasteiger partial charge in [0.1, 0.15) is 0 Å². The van der Waals surface area contributed by atoms with Gasteiger partial charge in [-0.05, 0) is 47.7 Å². The highest BCUT2D eigenvalue weighted by molar-refractivity contribution is 14.1. The van der Waals surface area contributed by atoms with E-state index >= 15 is 0 Å². The van der Waals surface area contributed by atoms with E-state index in [-0.39, 0.29) is 5.78 Å². The van der Waals surface area contributed by atoms with Gasteiger partial charge in [-0.1, -0.05) is 45.8 Å². The van der Waals surface area contributed by atoms with Gasteiger partial charge in [-0.2, -0.15) is 0 Å². The van der Waals surface area contributed by atoms with Gasteiger partial charge in [0.25, 0.3) is 0 Å². The van der Waals surface area contributed by atoms with E-state index in [2.05, 4.69) is 38.5 Å². The zero-order valence-electron chi connectivity index (χ0n) is 9.21.